The number of hydrogen-bond donors (Lipinski definition) is 1. The summed E-state index contributed by atoms with van der Waals surface area (Å²) in [6, 6.07) is 8.37. The van der Waals surface area contributed by atoms with Gasteiger partial charge in [-0.25, -0.2) is 0 Å². The number of amides is 1. The van der Waals surface area contributed by atoms with Gasteiger partial charge in [0, 0.05) is 24.6 Å². The van der Waals surface area contributed by atoms with E-state index in [1.165, 1.54) is 24.9 Å². The first-order chi connectivity index (χ1) is 8.70. The van der Waals surface area contributed by atoms with Gasteiger partial charge in [0.05, 0.1) is 13.1 Å². The van der Waals surface area contributed by atoms with Gasteiger partial charge in [0.25, 0.3) is 0 Å². The van der Waals surface area contributed by atoms with Gasteiger partial charge in [-0.15, -0.1) is 0 Å². The molecule has 1 atom stereocenters. The summed E-state index contributed by atoms with van der Waals surface area (Å²) in [6.45, 7) is 4.98. The third-order valence-corrected chi connectivity index (χ3v) is 4.41. The highest BCUT2D eigenvalue weighted by Gasteiger charge is 2.41. The van der Waals surface area contributed by atoms with Crippen molar-refractivity contribution in [3.63, 3.8) is 0 Å². The lowest BCUT2D eigenvalue weighted by molar-refractivity contribution is -0.676. The molecule has 0 aromatic heterocycles. The zero-order valence-electron chi connectivity index (χ0n) is 11.0. The van der Waals surface area contributed by atoms with Crippen molar-refractivity contribution in [2.75, 3.05) is 24.5 Å². The van der Waals surface area contributed by atoms with Crippen LogP contribution in [0.15, 0.2) is 24.3 Å². The van der Waals surface area contributed by atoms with Crippen LogP contribution in [0.4, 0.5) is 5.69 Å². The Balaban J connectivity index is 1.99. The van der Waals surface area contributed by atoms with Gasteiger partial charge in [-0.1, -0.05) is 18.2 Å². The average molecular weight is 245 g/mol. The molecule has 2 aliphatic heterocycles. The van der Waals surface area contributed by atoms with Crippen molar-refractivity contribution in [1.29, 1.82) is 0 Å². The third-order valence-electron chi connectivity index (χ3n) is 4.41. The SMILES string of the molecule is CC(=O)N1CC2(CCC[NH2+]C2)Cc2ccccc21. The van der Waals surface area contributed by atoms with E-state index in [2.05, 4.69) is 23.5 Å². The molecule has 3 nitrogen and oxygen atoms in total. The van der Waals surface area contributed by atoms with E-state index in [0.717, 1.165) is 25.2 Å². The van der Waals surface area contributed by atoms with Crippen molar-refractivity contribution in [2.24, 2.45) is 5.41 Å². The number of quaternary nitrogens is 1. The molecule has 1 aromatic carbocycles. The Bertz CT molecular complexity index is 463. The Morgan fingerprint density at radius 3 is 2.94 bits per heavy atom. The van der Waals surface area contributed by atoms with Crippen molar-refractivity contribution < 1.29 is 10.1 Å². The van der Waals surface area contributed by atoms with Gasteiger partial charge in [0.15, 0.2) is 0 Å². The summed E-state index contributed by atoms with van der Waals surface area (Å²) in [6.07, 6.45) is 3.65. The van der Waals surface area contributed by atoms with Crippen LogP contribution in [0.1, 0.15) is 25.3 Å². The zero-order valence-corrected chi connectivity index (χ0v) is 11.0. The van der Waals surface area contributed by atoms with E-state index in [1.807, 2.05) is 11.0 Å². The molecule has 3 rings (SSSR count). The fourth-order valence-corrected chi connectivity index (χ4v) is 3.52. The fraction of sp³-hybridized carbons (Fsp3) is 0.533. The molecule has 18 heavy (non-hydrogen) atoms. The highest BCUT2D eigenvalue weighted by Crippen LogP contribution is 2.39. The summed E-state index contributed by atoms with van der Waals surface area (Å²) < 4.78 is 0. The minimum absolute atomic E-state index is 0.173. The predicted octanol–water partition coefficient (Wildman–Crippen LogP) is 0.939. The van der Waals surface area contributed by atoms with Gasteiger partial charge in [-0.3, -0.25) is 4.79 Å². The number of rotatable bonds is 0. The second kappa shape index (κ2) is 4.39. The van der Waals surface area contributed by atoms with Crippen LogP contribution in [-0.2, 0) is 11.2 Å². The first-order valence-corrected chi connectivity index (χ1v) is 6.88. The molecule has 0 bridgehead atoms. The zero-order chi connectivity index (χ0) is 12.6. The van der Waals surface area contributed by atoms with E-state index in [0.29, 0.717) is 5.41 Å². The maximum atomic E-state index is 11.9. The first kappa shape index (κ1) is 11.7. The summed E-state index contributed by atoms with van der Waals surface area (Å²) in [4.78, 5) is 13.9. The lowest BCUT2D eigenvalue weighted by atomic mass is 9.72. The van der Waals surface area contributed by atoms with Crippen LogP contribution < -0.4 is 10.2 Å². The molecule has 1 amide bonds. The predicted molar refractivity (Wildman–Crippen MR) is 71.5 cm³/mol. The normalized spacial score (nSPS) is 27.1. The molecule has 1 saturated heterocycles. The lowest BCUT2D eigenvalue weighted by Crippen LogP contribution is -2.90. The van der Waals surface area contributed by atoms with E-state index in [-0.39, 0.29) is 5.91 Å². The quantitative estimate of drug-likeness (QED) is 0.725. The molecule has 1 fully saturated rings. The molecule has 0 saturated carbocycles. The topological polar surface area (TPSA) is 36.9 Å². The van der Waals surface area contributed by atoms with Gasteiger partial charge in [0.1, 0.15) is 0 Å². The summed E-state index contributed by atoms with van der Waals surface area (Å²) in [5, 5.41) is 2.41. The number of hydrogen-bond acceptors (Lipinski definition) is 1. The largest absolute Gasteiger partial charge is 0.346 e. The Labute approximate surface area is 108 Å². The molecule has 2 N–H and O–H groups in total. The lowest BCUT2D eigenvalue weighted by Gasteiger charge is -2.44. The number of fused-ring (bicyclic) bond motifs is 1. The van der Waals surface area contributed by atoms with E-state index in [4.69, 9.17) is 0 Å². The minimum Gasteiger partial charge on any atom is -0.346 e. The summed E-state index contributed by atoms with van der Waals surface area (Å²) in [5.74, 6) is 0.173. The Hall–Kier alpha value is -1.35. The van der Waals surface area contributed by atoms with Crippen LogP contribution >= 0.6 is 0 Å². The molecule has 1 unspecified atom stereocenters. The number of nitrogens with zero attached hydrogens (tertiary/aromatic N) is 1. The third kappa shape index (κ3) is 1.93. The van der Waals surface area contributed by atoms with Crippen molar-refractivity contribution >= 4 is 11.6 Å². The first-order valence-electron chi connectivity index (χ1n) is 6.88. The van der Waals surface area contributed by atoms with Crippen LogP contribution in [0.3, 0.4) is 0 Å². The van der Waals surface area contributed by atoms with Crippen LogP contribution in [0.2, 0.25) is 0 Å². The molecule has 0 radical (unpaired) electrons. The fourth-order valence-electron chi connectivity index (χ4n) is 3.52. The summed E-state index contributed by atoms with van der Waals surface area (Å²) in [5.41, 5.74) is 2.77. The molecule has 2 aliphatic rings. The maximum absolute atomic E-state index is 11.9. The summed E-state index contributed by atoms with van der Waals surface area (Å²) in [7, 11) is 0. The minimum atomic E-state index is 0.173. The number of piperidine rings is 1. The van der Waals surface area contributed by atoms with Gasteiger partial charge in [0.2, 0.25) is 5.91 Å². The van der Waals surface area contributed by atoms with E-state index in [1.54, 1.807) is 6.92 Å². The van der Waals surface area contributed by atoms with Gasteiger partial charge in [-0.05, 0) is 30.9 Å². The Morgan fingerprint density at radius 1 is 1.39 bits per heavy atom. The molecule has 1 aromatic rings. The van der Waals surface area contributed by atoms with Crippen molar-refractivity contribution in [2.45, 2.75) is 26.2 Å². The van der Waals surface area contributed by atoms with Crippen molar-refractivity contribution in [3.8, 4) is 0 Å². The summed E-state index contributed by atoms with van der Waals surface area (Å²) >= 11 is 0. The van der Waals surface area contributed by atoms with Crippen molar-refractivity contribution in [3.05, 3.63) is 29.8 Å². The van der Waals surface area contributed by atoms with Gasteiger partial charge < -0.3 is 10.2 Å². The molecule has 3 heteroatoms. The highest BCUT2D eigenvalue weighted by atomic mass is 16.2. The second-order valence-corrected chi connectivity index (χ2v) is 5.80. The number of carbonyl (C=O) groups excluding carboxylic acids is 1. The molecular formula is C15H21N2O+. The molecular weight excluding hydrogens is 224 g/mol. The van der Waals surface area contributed by atoms with Crippen LogP contribution in [-0.4, -0.2) is 25.5 Å². The average Bonchev–Trinajstić information content (AvgIpc) is 2.38. The van der Waals surface area contributed by atoms with Crippen LogP contribution in [0, 0.1) is 5.41 Å². The standard InChI is InChI=1S/C15H20N2O/c1-12(18)17-11-15(7-4-8-16-10-15)9-13-5-2-3-6-14(13)17/h2-3,5-6,16H,4,7-11H2,1H3/p+1. The van der Waals surface area contributed by atoms with Gasteiger partial charge >= 0.3 is 0 Å². The van der Waals surface area contributed by atoms with Crippen LogP contribution in [0.5, 0.6) is 0 Å². The smallest absolute Gasteiger partial charge is 0.223 e. The Kier molecular flexibility index (Phi) is 2.86. The van der Waals surface area contributed by atoms with E-state index in [9.17, 15) is 4.79 Å². The highest BCUT2D eigenvalue weighted by molar-refractivity contribution is 5.93. The molecule has 2 heterocycles. The number of carbonyl (C=O) groups is 1. The monoisotopic (exact) mass is 245 g/mol. The van der Waals surface area contributed by atoms with Crippen LogP contribution in [0.25, 0.3) is 0 Å². The molecule has 1 spiro atoms. The maximum Gasteiger partial charge on any atom is 0.223 e. The number of nitrogens with two attached hydrogens (primary N) is 1. The number of anilines is 1. The van der Waals surface area contributed by atoms with E-state index >= 15 is 0 Å². The Morgan fingerprint density at radius 2 is 2.22 bits per heavy atom. The number of para-hydroxylation sites is 1. The second-order valence-electron chi connectivity index (χ2n) is 5.80. The molecule has 0 aliphatic carbocycles. The van der Waals surface area contributed by atoms with Gasteiger partial charge in [-0.2, -0.15) is 0 Å². The molecule has 96 valence electrons. The van der Waals surface area contributed by atoms with E-state index < -0.39 is 0 Å². The number of benzene rings is 1. The van der Waals surface area contributed by atoms with Crippen molar-refractivity contribution in [1.82, 2.24) is 0 Å².